The number of carbonyl (C=O) groups is 6. The summed E-state index contributed by atoms with van der Waals surface area (Å²) in [7, 11) is 0. The molecule has 15 heteroatoms. The Balaban J connectivity index is 3.76. The smallest absolute Gasteiger partial charge is 0.246 e. The van der Waals surface area contributed by atoms with Crippen LogP contribution in [-0.2, 0) is 28.8 Å². The van der Waals surface area contributed by atoms with Gasteiger partial charge < -0.3 is 16.0 Å². The summed E-state index contributed by atoms with van der Waals surface area (Å²) in [5, 5.41) is 39.0. The summed E-state index contributed by atoms with van der Waals surface area (Å²) in [6, 6.07) is 0. The lowest BCUT2D eigenvalue weighted by Crippen LogP contribution is -2.31. The summed E-state index contributed by atoms with van der Waals surface area (Å²) >= 11 is 0. The molecule has 0 aromatic heterocycles. The second-order valence-corrected chi connectivity index (χ2v) is 10.3. The molecule has 0 saturated carbocycles. The van der Waals surface area contributed by atoms with Gasteiger partial charge in [0.1, 0.15) is 0 Å². The van der Waals surface area contributed by atoms with Crippen LogP contribution in [0.5, 0.6) is 0 Å². The number of carbonyl (C=O) groups excluding carboxylic acids is 6. The number of hydrogen-bond acceptors (Lipinski definition) is 9. The molecule has 0 heterocycles. The Morgan fingerprint density at radius 3 is 1.19 bits per heavy atom. The van der Waals surface area contributed by atoms with Crippen LogP contribution >= 0.6 is 0 Å². The fourth-order valence-corrected chi connectivity index (χ4v) is 3.78. The molecule has 6 amide bonds. The van der Waals surface area contributed by atoms with Gasteiger partial charge in [0.25, 0.3) is 0 Å². The van der Waals surface area contributed by atoms with Crippen molar-refractivity contribution in [3.8, 4) is 0 Å². The van der Waals surface area contributed by atoms with E-state index < -0.39 is 17.7 Å². The lowest BCUT2D eigenvalue weighted by molar-refractivity contribution is -0.166. The molecule has 0 unspecified atom stereocenters. The Morgan fingerprint density at radius 1 is 0.488 bits per heavy atom. The maximum Gasteiger partial charge on any atom is 0.246 e. The van der Waals surface area contributed by atoms with E-state index in [1.807, 2.05) is 0 Å². The molecule has 15 nitrogen and oxygen atoms in total. The van der Waals surface area contributed by atoms with E-state index in [-0.39, 0.29) is 63.0 Å². The van der Waals surface area contributed by atoms with Gasteiger partial charge >= 0.3 is 0 Å². The van der Waals surface area contributed by atoms with Crippen LogP contribution in [0.2, 0.25) is 0 Å². The summed E-state index contributed by atoms with van der Waals surface area (Å²) < 4.78 is 0. The van der Waals surface area contributed by atoms with Gasteiger partial charge in [-0.25, -0.2) is 15.2 Å². The maximum atomic E-state index is 12.0. The second kappa shape index (κ2) is 25.2. The van der Waals surface area contributed by atoms with Crippen molar-refractivity contribution < 1.29 is 44.4 Å². The van der Waals surface area contributed by atoms with Crippen molar-refractivity contribution in [2.75, 3.05) is 39.3 Å². The minimum atomic E-state index is -0.557. The van der Waals surface area contributed by atoms with Gasteiger partial charge in [-0.05, 0) is 57.8 Å². The monoisotopic (exact) mass is 616 g/mol. The first-order valence-electron chi connectivity index (χ1n) is 15.2. The van der Waals surface area contributed by atoms with Crippen LogP contribution in [0, 0.1) is 0 Å². The van der Waals surface area contributed by atoms with Gasteiger partial charge in [-0.2, -0.15) is 0 Å². The third kappa shape index (κ3) is 22.9. The van der Waals surface area contributed by atoms with Gasteiger partial charge in [0.05, 0.1) is 0 Å². The molecule has 0 fully saturated rings. The van der Waals surface area contributed by atoms with Crippen LogP contribution in [-0.4, -0.2) is 106 Å². The van der Waals surface area contributed by atoms with Crippen LogP contribution in [0.25, 0.3) is 0 Å². The molecular formula is C28H52N6O9. The molecule has 6 N–H and O–H groups in total. The predicted octanol–water partition coefficient (Wildman–Crippen LogP) is 1.49. The predicted molar refractivity (Wildman–Crippen MR) is 156 cm³/mol. The van der Waals surface area contributed by atoms with Gasteiger partial charge in [-0.3, -0.25) is 44.4 Å². The SMILES string of the molecule is CCC(=O)NCCCCCN(O)C(=O)CCC(=O)NCCCCCN(O)C(=O)CCC(=O)NCCCCCN(O)C(C)=O. The number of amides is 6. The number of rotatable bonds is 25. The van der Waals surface area contributed by atoms with Crippen molar-refractivity contribution >= 4 is 35.4 Å². The second-order valence-electron chi connectivity index (χ2n) is 10.3. The van der Waals surface area contributed by atoms with E-state index >= 15 is 0 Å². The molecule has 43 heavy (non-hydrogen) atoms. The Hall–Kier alpha value is -3.30. The lowest BCUT2D eigenvalue weighted by atomic mass is 10.2. The molecule has 248 valence electrons. The van der Waals surface area contributed by atoms with Crippen molar-refractivity contribution in [3.05, 3.63) is 0 Å². The van der Waals surface area contributed by atoms with E-state index in [1.54, 1.807) is 6.92 Å². The first kappa shape index (κ1) is 39.7. The first-order valence-corrected chi connectivity index (χ1v) is 15.2. The number of nitrogens with one attached hydrogen (secondary N) is 3. The van der Waals surface area contributed by atoms with Crippen LogP contribution in [0.1, 0.15) is 104 Å². The summed E-state index contributed by atoms with van der Waals surface area (Å²) in [5.74, 6) is -2.13. The van der Waals surface area contributed by atoms with Crippen molar-refractivity contribution in [2.24, 2.45) is 0 Å². The number of hydrogen-bond donors (Lipinski definition) is 6. The fourth-order valence-electron chi connectivity index (χ4n) is 3.78. The summed E-state index contributed by atoms with van der Waals surface area (Å²) in [6.45, 7) is 4.89. The van der Waals surface area contributed by atoms with Gasteiger partial charge in [0.2, 0.25) is 35.4 Å². The highest BCUT2D eigenvalue weighted by atomic mass is 16.5. The molecule has 0 aromatic carbocycles. The Kier molecular flexibility index (Phi) is 23.3. The van der Waals surface area contributed by atoms with Gasteiger partial charge in [-0.1, -0.05) is 6.92 Å². The highest BCUT2D eigenvalue weighted by Crippen LogP contribution is 2.03. The summed E-state index contributed by atoms with van der Waals surface area (Å²) in [4.78, 5) is 69.9. The van der Waals surface area contributed by atoms with Crippen molar-refractivity contribution in [1.29, 1.82) is 0 Å². The Labute approximate surface area is 254 Å². The Bertz CT molecular complexity index is 859. The largest absolute Gasteiger partial charge is 0.356 e. The Morgan fingerprint density at radius 2 is 0.837 bits per heavy atom. The quantitative estimate of drug-likeness (QED) is 0.0498. The van der Waals surface area contributed by atoms with E-state index in [2.05, 4.69) is 16.0 Å². The number of unbranched alkanes of at least 4 members (excludes halogenated alkanes) is 6. The zero-order valence-electron chi connectivity index (χ0n) is 25.8. The van der Waals surface area contributed by atoms with Crippen LogP contribution < -0.4 is 16.0 Å². The van der Waals surface area contributed by atoms with E-state index in [9.17, 15) is 44.4 Å². The average molecular weight is 617 g/mol. The molecule has 0 bridgehead atoms. The standard InChI is InChI=1S/C28H52N6O9/c1-3-24(36)29-17-7-5-11-21-33(42)27(39)16-14-26(38)31-19-9-6-12-22-34(43)28(40)15-13-25(37)30-18-8-4-10-20-32(41)23(2)35/h41-43H,3-22H2,1-2H3,(H,29,36)(H,30,37)(H,31,38). The number of nitrogens with zero attached hydrogens (tertiary/aromatic N) is 3. The van der Waals surface area contributed by atoms with Gasteiger partial charge in [0.15, 0.2) is 0 Å². The minimum Gasteiger partial charge on any atom is -0.356 e. The number of hydroxylamine groups is 6. The zero-order chi connectivity index (χ0) is 32.5. The van der Waals surface area contributed by atoms with E-state index in [0.29, 0.717) is 86.2 Å². The van der Waals surface area contributed by atoms with Gasteiger partial charge in [0, 0.05) is 78.3 Å². The molecule has 0 aromatic rings. The lowest BCUT2D eigenvalue weighted by Gasteiger charge is -2.15. The molecule has 0 radical (unpaired) electrons. The molecule has 0 aliphatic heterocycles. The normalized spacial score (nSPS) is 10.5. The maximum absolute atomic E-state index is 12.0. The highest BCUT2D eigenvalue weighted by molar-refractivity contribution is 5.83. The van der Waals surface area contributed by atoms with Crippen LogP contribution in [0.15, 0.2) is 0 Å². The van der Waals surface area contributed by atoms with Crippen molar-refractivity contribution in [2.45, 2.75) is 104 Å². The van der Waals surface area contributed by atoms with Crippen molar-refractivity contribution in [3.63, 3.8) is 0 Å². The van der Waals surface area contributed by atoms with Crippen LogP contribution in [0.4, 0.5) is 0 Å². The molecule has 0 spiro atoms. The zero-order valence-corrected chi connectivity index (χ0v) is 25.8. The third-order valence-electron chi connectivity index (χ3n) is 6.50. The van der Waals surface area contributed by atoms with E-state index in [0.717, 1.165) is 12.8 Å². The molecule has 0 aliphatic rings. The minimum absolute atomic E-state index is 0.0120. The van der Waals surface area contributed by atoms with Gasteiger partial charge in [-0.15, -0.1) is 0 Å². The summed E-state index contributed by atoms with van der Waals surface area (Å²) in [5.41, 5.74) is 0. The van der Waals surface area contributed by atoms with Crippen LogP contribution in [0.3, 0.4) is 0 Å². The molecule has 0 aliphatic carbocycles. The first-order chi connectivity index (χ1) is 20.5. The highest BCUT2D eigenvalue weighted by Gasteiger charge is 2.14. The molecule has 0 saturated heterocycles. The summed E-state index contributed by atoms with van der Waals surface area (Å²) in [6.07, 6.45) is 5.91. The van der Waals surface area contributed by atoms with Crippen molar-refractivity contribution in [1.82, 2.24) is 31.1 Å². The third-order valence-corrected chi connectivity index (χ3v) is 6.50. The fraction of sp³-hybridized carbons (Fsp3) is 0.786. The molecular weight excluding hydrogens is 564 g/mol. The van der Waals surface area contributed by atoms with E-state index in [4.69, 9.17) is 0 Å². The topological polar surface area (TPSA) is 209 Å². The van der Waals surface area contributed by atoms with E-state index in [1.165, 1.54) is 6.92 Å². The average Bonchev–Trinajstić information content (AvgIpc) is 2.98. The molecule has 0 rings (SSSR count). The molecule has 0 atom stereocenters.